The van der Waals surface area contributed by atoms with Crippen LogP contribution in [0.15, 0.2) is 18.2 Å². The van der Waals surface area contributed by atoms with Crippen LogP contribution < -0.4 is 5.32 Å². The highest BCUT2D eigenvalue weighted by atomic mass is 19.4. The fourth-order valence-electron chi connectivity index (χ4n) is 3.53. The van der Waals surface area contributed by atoms with Crippen molar-refractivity contribution in [2.45, 2.75) is 59.1 Å². The molecule has 7 heteroatoms. The Morgan fingerprint density at radius 1 is 1.22 bits per heavy atom. The van der Waals surface area contributed by atoms with E-state index in [9.17, 15) is 18.0 Å². The molecule has 0 atom stereocenters. The van der Waals surface area contributed by atoms with Crippen molar-refractivity contribution in [2.24, 2.45) is 7.05 Å². The van der Waals surface area contributed by atoms with Gasteiger partial charge in [0.1, 0.15) is 0 Å². The molecule has 0 aliphatic carbocycles. The molecular weight excluding hydrogens is 355 g/mol. The molecule has 27 heavy (non-hydrogen) atoms. The van der Waals surface area contributed by atoms with Crippen molar-refractivity contribution in [3.8, 4) is 0 Å². The van der Waals surface area contributed by atoms with Crippen LogP contribution in [0.25, 0.3) is 0 Å². The summed E-state index contributed by atoms with van der Waals surface area (Å²) in [6.07, 6.45) is -2.73. The second-order valence-electron chi connectivity index (χ2n) is 7.50. The highest BCUT2D eigenvalue weighted by Gasteiger charge is 2.40. The molecule has 1 aromatic heterocycles. The molecule has 1 amide bonds. The Kier molecular flexibility index (Phi) is 5.73. The van der Waals surface area contributed by atoms with E-state index in [2.05, 4.69) is 31.2 Å². The zero-order valence-corrected chi connectivity index (χ0v) is 16.6. The SMILES string of the molecule is CCCC(C)(C)c1cccc(NC(=O)c2c(C(F)(F)F)nn(C)c2C)c1C. The molecule has 0 unspecified atom stereocenters. The summed E-state index contributed by atoms with van der Waals surface area (Å²) in [5.74, 6) is -0.804. The molecule has 1 aromatic carbocycles. The second-order valence-corrected chi connectivity index (χ2v) is 7.50. The van der Waals surface area contributed by atoms with E-state index >= 15 is 0 Å². The Morgan fingerprint density at radius 2 is 1.85 bits per heavy atom. The van der Waals surface area contributed by atoms with Crippen LogP contribution in [0.3, 0.4) is 0 Å². The molecule has 1 N–H and O–H groups in total. The van der Waals surface area contributed by atoms with Gasteiger partial charge in [-0.05, 0) is 42.9 Å². The fraction of sp³-hybridized carbons (Fsp3) is 0.500. The first kappa shape index (κ1) is 21.0. The van der Waals surface area contributed by atoms with E-state index in [1.54, 1.807) is 6.07 Å². The predicted octanol–water partition coefficient (Wildman–Crippen LogP) is 5.39. The van der Waals surface area contributed by atoms with Crippen LogP contribution in [0.2, 0.25) is 0 Å². The van der Waals surface area contributed by atoms with Crippen LogP contribution in [0, 0.1) is 13.8 Å². The lowest BCUT2D eigenvalue weighted by Crippen LogP contribution is -2.21. The Hall–Kier alpha value is -2.31. The summed E-state index contributed by atoms with van der Waals surface area (Å²) in [4.78, 5) is 12.7. The summed E-state index contributed by atoms with van der Waals surface area (Å²) in [5, 5.41) is 6.13. The predicted molar refractivity (Wildman–Crippen MR) is 100 cm³/mol. The number of carbonyl (C=O) groups is 1. The lowest BCUT2D eigenvalue weighted by Gasteiger charge is -2.28. The zero-order chi connectivity index (χ0) is 20.6. The molecule has 0 aliphatic rings. The van der Waals surface area contributed by atoms with E-state index in [4.69, 9.17) is 0 Å². The quantitative estimate of drug-likeness (QED) is 0.755. The molecule has 1 heterocycles. The van der Waals surface area contributed by atoms with Gasteiger partial charge in [-0.25, -0.2) is 0 Å². The average Bonchev–Trinajstić information content (AvgIpc) is 2.85. The molecule has 148 valence electrons. The number of benzene rings is 1. The highest BCUT2D eigenvalue weighted by molar-refractivity contribution is 6.06. The van der Waals surface area contributed by atoms with Gasteiger partial charge in [0, 0.05) is 18.4 Å². The van der Waals surface area contributed by atoms with Gasteiger partial charge >= 0.3 is 6.18 Å². The minimum atomic E-state index is -4.70. The normalized spacial score (nSPS) is 12.3. The molecule has 2 rings (SSSR count). The third kappa shape index (κ3) is 4.17. The zero-order valence-electron chi connectivity index (χ0n) is 16.6. The minimum absolute atomic E-state index is 0.0963. The van der Waals surface area contributed by atoms with Crippen molar-refractivity contribution in [1.82, 2.24) is 9.78 Å². The fourth-order valence-corrected chi connectivity index (χ4v) is 3.53. The third-order valence-corrected chi connectivity index (χ3v) is 5.02. The third-order valence-electron chi connectivity index (χ3n) is 5.02. The van der Waals surface area contributed by atoms with Gasteiger partial charge in [0.2, 0.25) is 0 Å². The first-order valence-electron chi connectivity index (χ1n) is 8.92. The minimum Gasteiger partial charge on any atom is -0.322 e. The Bertz CT molecular complexity index is 851. The number of hydrogen-bond acceptors (Lipinski definition) is 2. The van der Waals surface area contributed by atoms with E-state index in [0.717, 1.165) is 28.7 Å². The van der Waals surface area contributed by atoms with Crippen molar-refractivity contribution in [2.75, 3.05) is 5.32 Å². The first-order chi connectivity index (χ1) is 12.4. The maximum atomic E-state index is 13.3. The number of carbonyl (C=O) groups excluding carboxylic acids is 1. The van der Waals surface area contributed by atoms with E-state index in [1.807, 2.05) is 19.1 Å². The first-order valence-corrected chi connectivity index (χ1v) is 8.92. The van der Waals surface area contributed by atoms with Crippen LogP contribution in [-0.2, 0) is 18.6 Å². The summed E-state index contributed by atoms with van der Waals surface area (Å²) in [6.45, 7) is 9.68. The van der Waals surface area contributed by atoms with E-state index in [-0.39, 0.29) is 11.1 Å². The highest BCUT2D eigenvalue weighted by Crippen LogP contribution is 2.35. The number of alkyl halides is 3. The van der Waals surface area contributed by atoms with Gasteiger partial charge in [0.15, 0.2) is 5.69 Å². The van der Waals surface area contributed by atoms with Crippen molar-refractivity contribution in [3.63, 3.8) is 0 Å². The number of aryl methyl sites for hydroxylation is 1. The van der Waals surface area contributed by atoms with Crippen molar-refractivity contribution in [3.05, 3.63) is 46.3 Å². The number of nitrogens with one attached hydrogen (secondary N) is 1. The molecule has 0 fully saturated rings. The number of nitrogens with zero attached hydrogens (tertiary/aromatic N) is 2. The lowest BCUT2D eigenvalue weighted by atomic mass is 9.78. The topological polar surface area (TPSA) is 46.9 Å². The summed E-state index contributed by atoms with van der Waals surface area (Å²) in [6, 6.07) is 5.52. The van der Waals surface area contributed by atoms with Crippen molar-refractivity contribution < 1.29 is 18.0 Å². The summed E-state index contributed by atoms with van der Waals surface area (Å²) in [5.41, 5.74) is 0.905. The molecular formula is C20H26F3N3O. The summed E-state index contributed by atoms with van der Waals surface area (Å²) in [7, 11) is 1.39. The van der Waals surface area contributed by atoms with Gasteiger partial charge in [0.05, 0.1) is 5.56 Å². The van der Waals surface area contributed by atoms with Crippen LogP contribution in [-0.4, -0.2) is 15.7 Å². The molecule has 0 saturated heterocycles. The summed E-state index contributed by atoms with van der Waals surface area (Å²) < 4.78 is 40.9. The van der Waals surface area contributed by atoms with Crippen LogP contribution in [0.4, 0.5) is 18.9 Å². The van der Waals surface area contributed by atoms with E-state index < -0.39 is 23.3 Å². The monoisotopic (exact) mass is 381 g/mol. The van der Waals surface area contributed by atoms with Gasteiger partial charge in [-0.3, -0.25) is 9.48 Å². The van der Waals surface area contributed by atoms with Gasteiger partial charge in [-0.15, -0.1) is 0 Å². The number of anilines is 1. The number of rotatable bonds is 5. The molecule has 0 aliphatic heterocycles. The van der Waals surface area contributed by atoms with Crippen LogP contribution in [0.1, 0.15) is 66.5 Å². The van der Waals surface area contributed by atoms with E-state index in [0.29, 0.717) is 5.69 Å². The van der Waals surface area contributed by atoms with Gasteiger partial charge in [-0.2, -0.15) is 18.3 Å². The molecule has 4 nitrogen and oxygen atoms in total. The smallest absolute Gasteiger partial charge is 0.322 e. The van der Waals surface area contributed by atoms with Crippen molar-refractivity contribution in [1.29, 1.82) is 0 Å². The van der Waals surface area contributed by atoms with Gasteiger partial charge in [-0.1, -0.05) is 39.3 Å². The number of hydrogen-bond donors (Lipinski definition) is 1. The maximum absolute atomic E-state index is 13.3. The van der Waals surface area contributed by atoms with Gasteiger partial charge in [0.25, 0.3) is 5.91 Å². The Labute approximate surface area is 157 Å². The number of amides is 1. The second kappa shape index (κ2) is 7.37. The van der Waals surface area contributed by atoms with Crippen LogP contribution in [0.5, 0.6) is 0 Å². The lowest BCUT2D eigenvalue weighted by molar-refractivity contribution is -0.141. The van der Waals surface area contributed by atoms with E-state index in [1.165, 1.54) is 14.0 Å². The van der Waals surface area contributed by atoms with Gasteiger partial charge < -0.3 is 5.32 Å². The standard InChI is InChI=1S/C20H26F3N3O/c1-7-11-19(4,5)14-9-8-10-15(12(14)2)24-18(27)16-13(3)26(6)25-17(16)20(21,22)23/h8-10H,7,11H2,1-6H3,(H,24,27). The van der Waals surface area contributed by atoms with Crippen LogP contribution >= 0.6 is 0 Å². The Morgan fingerprint density at radius 3 is 2.41 bits per heavy atom. The molecule has 0 spiro atoms. The Balaban J connectivity index is 2.44. The largest absolute Gasteiger partial charge is 0.435 e. The number of aromatic nitrogens is 2. The molecule has 0 radical (unpaired) electrons. The maximum Gasteiger partial charge on any atom is 0.435 e. The van der Waals surface area contributed by atoms with Crippen molar-refractivity contribution >= 4 is 11.6 Å². The molecule has 0 saturated carbocycles. The summed E-state index contributed by atoms with van der Waals surface area (Å²) >= 11 is 0. The molecule has 2 aromatic rings. The molecule has 0 bridgehead atoms. The number of halogens is 3. The average molecular weight is 381 g/mol.